The van der Waals surface area contributed by atoms with E-state index in [1.54, 1.807) is 36.4 Å². The molecule has 1 saturated heterocycles. The number of aromatic amines is 1. The summed E-state index contributed by atoms with van der Waals surface area (Å²) >= 11 is 6.28. The van der Waals surface area contributed by atoms with Crippen LogP contribution in [0.25, 0.3) is 16.6 Å². The summed E-state index contributed by atoms with van der Waals surface area (Å²) in [5, 5.41) is 32.1. The first-order chi connectivity index (χ1) is 30.5. The second-order valence-corrected chi connectivity index (χ2v) is 16.8. The predicted octanol–water partition coefficient (Wildman–Crippen LogP) is 6.44. The number of aromatic nitrogens is 4. The largest absolute Gasteiger partial charge is 0.488 e. The second kappa shape index (κ2) is 19.1. The van der Waals surface area contributed by atoms with Crippen molar-refractivity contribution in [3.05, 3.63) is 136 Å². The fourth-order valence-electron chi connectivity index (χ4n) is 8.81. The van der Waals surface area contributed by atoms with E-state index >= 15 is 0 Å². The van der Waals surface area contributed by atoms with Gasteiger partial charge < -0.3 is 30.0 Å². The van der Waals surface area contributed by atoms with Crippen molar-refractivity contribution in [3.8, 4) is 11.4 Å². The summed E-state index contributed by atoms with van der Waals surface area (Å²) in [6, 6.07) is 27.9. The molecule has 15 heteroatoms. The molecule has 13 nitrogen and oxygen atoms in total. The van der Waals surface area contributed by atoms with Crippen LogP contribution in [0.3, 0.4) is 0 Å². The highest BCUT2D eigenvalue weighted by molar-refractivity contribution is 6.58. The molecule has 2 aliphatic rings. The zero-order chi connectivity index (χ0) is 44.2. The average molecular weight is 868 g/mol. The molecule has 0 saturated carbocycles. The molecule has 2 aromatic heterocycles. The molecule has 4 aromatic carbocycles. The molecular weight excluding hydrogens is 817 g/mol. The lowest BCUT2D eigenvalue weighted by molar-refractivity contribution is -0.125. The minimum absolute atomic E-state index is 0.0348. The molecule has 6 aromatic rings. The zero-order valence-corrected chi connectivity index (χ0v) is 36.4. The third-order valence-corrected chi connectivity index (χ3v) is 12.5. The third-order valence-electron chi connectivity index (χ3n) is 12.3. The summed E-state index contributed by atoms with van der Waals surface area (Å²) in [6.07, 6.45) is 3.92. The van der Waals surface area contributed by atoms with Gasteiger partial charge in [-0.2, -0.15) is 0 Å². The number of Topliss-reactive ketones (excluding diaryl/α,β-unsaturated/α-hetero) is 1. The maximum atomic E-state index is 13.7. The number of ether oxygens (including phenoxy) is 1. The summed E-state index contributed by atoms with van der Waals surface area (Å²) in [7, 11) is -1.57. The van der Waals surface area contributed by atoms with Crippen LogP contribution in [0.1, 0.15) is 102 Å². The van der Waals surface area contributed by atoms with Gasteiger partial charge in [0.2, 0.25) is 5.91 Å². The molecule has 324 valence electrons. The molecule has 63 heavy (non-hydrogen) atoms. The van der Waals surface area contributed by atoms with Crippen LogP contribution >= 0.6 is 11.6 Å². The van der Waals surface area contributed by atoms with Crippen molar-refractivity contribution in [1.82, 2.24) is 30.0 Å². The molecule has 2 aliphatic heterocycles. The van der Waals surface area contributed by atoms with E-state index in [9.17, 15) is 24.4 Å². The van der Waals surface area contributed by atoms with Crippen molar-refractivity contribution in [3.63, 3.8) is 0 Å². The first-order valence-corrected chi connectivity index (χ1v) is 22.1. The standard InChI is InChI=1S/C48H51BClN7O6/c1-4-31(10-9-30-7-6-8-34(23-30)32-19-21-56(22-20-32)48(60)42-25-35-24-36(49(61)62)13-17-40(35)52-42)44(58)28-63-38-16-18-43-39(26-38)46(33-11-14-37(50)15-12-33)53-41(27-45(59)51-5-2)47-55-54-29(3)57(43)47/h6-8,11-18,23-26,31-32,41,52,61-62H,4-5,9-10,19-22,27-28H2,1-3H3,(H,51,59). The number of H-pyrrole nitrogens is 1. The lowest BCUT2D eigenvalue weighted by atomic mass is 9.80. The second-order valence-electron chi connectivity index (χ2n) is 16.4. The quantitative estimate of drug-likeness (QED) is 0.0854. The number of benzene rings is 4. The molecule has 4 heterocycles. The zero-order valence-electron chi connectivity index (χ0n) is 35.7. The van der Waals surface area contributed by atoms with Crippen molar-refractivity contribution in [1.29, 1.82) is 0 Å². The summed E-state index contributed by atoms with van der Waals surface area (Å²) < 4.78 is 8.17. The molecule has 2 unspecified atom stereocenters. The monoisotopic (exact) mass is 867 g/mol. The summed E-state index contributed by atoms with van der Waals surface area (Å²) in [6.45, 7) is 7.47. The SMILES string of the molecule is CCNC(=O)CC1N=C(c2ccc(Cl)cc2)c2cc(OCC(=O)C(CC)CCc3cccc(C4CCN(C(=O)c5cc6cc(B(O)O)ccc6[nH]5)CC4)c3)ccc2-n2c(C)nnc21. The summed E-state index contributed by atoms with van der Waals surface area (Å²) in [4.78, 5) is 50.2. The number of piperidine rings is 1. The topological polar surface area (TPSA) is 175 Å². The number of aliphatic imine (C=N–C) groups is 1. The molecule has 0 radical (unpaired) electrons. The minimum Gasteiger partial charge on any atom is -0.486 e. The number of likely N-dealkylation sites (tertiary alicyclic amines) is 1. The van der Waals surface area contributed by atoms with Gasteiger partial charge in [0.25, 0.3) is 5.91 Å². The molecule has 0 bridgehead atoms. The lowest BCUT2D eigenvalue weighted by Crippen LogP contribution is -2.38. The fourth-order valence-corrected chi connectivity index (χ4v) is 8.93. The van der Waals surface area contributed by atoms with Crippen LogP contribution in [-0.2, 0) is 16.0 Å². The minimum atomic E-state index is -1.57. The Balaban J connectivity index is 0.906. The Morgan fingerprint density at radius 1 is 0.968 bits per heavy atom. The third kappa shape index (κ3) is 9.63. The van der Waals surface area contributed by atoms with Gasteiger partial charge in [-0.05, 0) is 116 Å². The Morgan fingerprint density at radius 2 is 1.76 bits per heavy atom. The van der Waals surface area contributed by atoms with Crippen molar-refractivity contribution in [2.24, 2.45) is 10.9 Å². The van der Waals surface area contributed by atoms with Gasteiger partial charge in [-0.3, -0.25) is 23.9 Å². The van der Waals surface area contributed by atoms with Gasteiger partial charge in [0.05, 0.1) is 17.8 Å². The first-order valence-electron chi connectivity index (χ1n) is 21.7. The van der Waals surface area contributed by atoms with Gasteiger partial charge in [-0.25, -0.2) is 0 Å². The highest BCUT2D eigenvalue weighted by Crippen LogP contribution is 2.35. The van der Waals surface area contributed by atoms with E-state index in [0.29, 0.717) is 77.7 Å². The number of nitrogens with zero attached hydrogens (tertiary/aromatic N) is 5. The number of amides is 2. The number of nitrogens with one attached hydrogen (secondary N) is 2. The van der Waals surface area contributed by atoms with Crippen LogP contribution in [0.4, 0.5) is 0 Å². The Morgan fingerprint density at radius 3 is 2.51 bits per heavy atom. The summed E-state index contributed by atoms with van der Waals surface area (Å²) in [5.41, 5.74) is 7.06. The van der Waals surface area contributed by atoms with Gasteiger partial charge in [0, 0.05) is 47.2 Å². The predicted molar refractivity (Wildman–Crippen MR) is 244 cm³/mol. The van der Waals surface area contributed by atoms with Crippen LogP contribution in [0.2, 0.25) is 5.02 Å². The Labute approximate surface area is 371 Å². The number of ketones is 1. The number of rotatable bonds is 15. The van der Waals surface area contributed by atoms with Crippen molar-refractivity contribution >= 4 is 58.4 Å². The van der Waals surface area contributed by atoms with Crippen molar-refractivity contribution < 1.29 is 29.2 Å². The molecule has 4 N–H and O–H groups in total. The number of carbonyl (C=O) groups is 3. The Hall–Kier alpha value is -6.09. The van der Waals surface area contributed by atoms with Crippen molar-refractivity contribution in [2.45, 2.75) is 71.3 Å². The van der Waals surface area contributed by atoms with Crippen LogP contribution in [0.15, 0.2) is 96.0 Å². The Kier molecular flexibility index (Phi) is 13.2. The van der Waals surface area contributed by atoms with Crippen LogP contribution < -0.4 is 15.5 Å². The molecule has 2 amide bonds. The average Bonchev–Trinajstić information content (AvgIpc) is 3.87. The number of hydrogen-bond acceptors (Lipinski definition) is 9. The number of carbonyl (C=O) groups excluding carboxylic acids is 3. The van der Waals surface area contributed by atoms with E-state index < -0.39 is 13.2 Å². The van der Waals surface area contributed by atoms with Gasteiger partial charge in [-0.1, -0.05) is 67.1 Å². The first kappa shape index (κ1) is 43.6. The molecule has 0 aliphatic carbocycles. The molecule has 2 atom stereocenters. The van der Waals surface area contributed by atoms with Crippen LogP contribution in [0, 0.1) is 12.8 Å². The molecule has 0 spiro atoms. The van der Waals surface area contributed by atoms with Crippen molar-refractivity contribution in [2.75, 3.05) is 26.2 Å². The van der Waals surface area contributed by atoms with E-state index in [0.717, 1.165) is 47.0 Å². The molecule has 8 rings (SSSR count). The van der Waals surface area contributed by atoms with Gasteiger partial charge in [0.15, 0.2) is 11.6 Å². The number of aryl methyl sites for hydroxylation is 2. The van der Waals surface area contributed by atoms with Gasteiger partial charge >= 0.3 is 7.12 Å². The Bertz CT molecular complexity index is 2670. The molecular formula is C48H51BClN7O6. The highest BCUT2D eigenvalue weighted by Gasteiger charge is 2.31. The smallest absolute Gasteiger partial charge is 0.486 e. The van der Waals surface area contributed by atoms with Gasteiger partial charge in [0.1, 0.15) is 29.9 Å². The lowest BCUT2D eigenvalue weighted by Gasteiger charge is -2.32. The van der Waals surface area contributed by atoms with E-state index in [4.69, 9.17) is 21.3 Å². The highest BCUT2D eigenvalue weighted by atomic mass is 35.5. The van der Waals surface area contributed by atoms with Crippen LogP contribution in [-0.4, -0.2) is 91.4 Å². The van der Waals surface area contributed by atoms with E-state index in [1.165, 1.54) is 11.1 Å². The summed E-state index contributed by atoms with van der Waals surface area (Å²) in [5.74, 6) is 1.70. The van der Waals surface area contributed by atoms with E-state index in [1.807, 2.05) is 60.6 Å². The van der Waals surface area contributed by atoms with E-state index in [-0.39, 0.29) is 36.5 Å². The number of fused-ring (bicyclic) bond motifs is 4. The van der Waals surface area contributed by atoms with E-state index in [2.05, 4.69) is 44.8 Å². The fraction of sp³-hybridized carbons (Fsp3) is 0.333. The maximum absolute atomic E-state index is 13.7. The normalized spacial score (nSPS) is 15.6. The number of halogens is 1. The maximum Gasteiger partial charge on any atom is 0.488 e. The molecule has 1 fully saturated rings. The van der Waals surface area contributed by atoms with Gasteiger partial charge in [-0.15, -0.1) is 10.2 Å². The number of hydrogen-bond donors (Lipinski definition) is 4. The van der Waals surface area contributed by atoms with Crippen LogP contribution in [0.5, 0.6) is 5.75 Å².